The molecule has 0 aromatic heterocycles. The second-order valence-electron chi connectivity index (χ2n) is 8.78. The summed E-state index contributed by atoms with van der Waals surface area (Å²) in [5, 5.41) is 0. The van der Waals surface area contributed by atoms with E-state index in [1.807, 2.05) is 0 Å². The van der Waals surface area contributed by atoms with Crippen molar-refractivity contribution >= 4 is 23.1 Å². The fourth-order valence-electron chi connectivity index (χ4n) is 4.75. The monoisotopic (exact) mass is 525 g/mol. The zero-order chi connectivity index (χ0) is 22.1. The summed E-state index contributed by atoms with van der Waals surface area (Å²) in [6.45, 7) is 9.13. The molecule has 0 N–H and O–H groups in total. The van der Waals surface area contributed by atoms with Crippen molar-refractivity contribution < 1.29 is 19.4 Å². The number of benzene rings is 3. The number of rotatable bonds is 6. The molecule has 0 bridgehead atoms. The van der Waals surface area contributed by atoms with Crippen LogP contribution < -0.4 is 0 Å². The van der Waals surface area contributed by atoms with Crippen LogP contribution in [0.1, 0.15) is 60.3 Å². The molecule has 0 fully saturated rings. The average molecular weight is 528 g/mol. The molecular formula is C28H29Cl2Zr. The van der Waals surface area contributed by atoms with E-state index in [9.17, 15) is 0 Å². The van der Waals surface area contributed by atoms with Gasteiger partial charge < -0.3 is 0 Å². The van der Waals surface area contributed by atoms with Crippen molar-refractivity contribution in [3.63, 3.8) is 0 Å². The Hall–Kier alpha value is -1.14. The molecule has 4 rings (SSSR count). The van der Waals surface area contributed by atoms with Crippen LogP contribution in [-0.2, 0) is 19.4 Å². The van der Waals surface area contributed by atoms with Gasteiger partial charge in [0.2, 0.25) is 0 Å². The predicted octanol–water partition coefficient (Wildman–Crippen LogP) is 9.55. The van der Waals surface area contributed by atoms with Crippen LogP contribution in [0.25, 0.3) is 28.3 Å². The fraction of sp³-hybridized carbons (Fsp3) is 0.286. The minimum absolute atomic E-state index is 0.250. The van der Waals surface area contributed by atoms with Gasteiger partial charge in [0.05, 0.1) is 0 Å². The molecule has 1 aliphatic rings. The van der Waals surface area contributed by atoms with E-state index in [0.29, 0.717) is 11.8 Å². The Morgan fingerprint density at radius 3 is 2.10 bits per heavy atom. The summed E-state index contributed by atoms with van der Waals surface area (Å²) in [6.07, 6.45) is 3.54. The standard InChI is InChI=1S/C28H29.2ClH.Zr/c1-5-20(4)23-17-22-15-16-24(19(2)3)28(27(22)18-23)26-14-10-9-13-25(26)21-11-7-6-8-12-21;;;/h6-20H,5H2,1-4H3;2*1H;/q;;;+2/p-2. The van der Waals surface area contributed by atoms with E-state index in [2.05, 4.69) is 101 Å². The van der Waals surface area contributed by atoms with Gasteiger partial charge in [-0.05, 0) is 0 Å². The molecule has 3 heteroatoms. The van der Waals surface area contributed by atoms with Gasteiger partial charge in [0.25, 0.3) is 0 Å². The summed E-state index contributed by atoms with van der Waals surface area (Å²) < 4.78 is 0.250. The van der Waals surface area contributed by atoms with Crippen molar-refractivity contribution in [3.8, 4) is 22.3 Å². The van der Waals surface area contributed by atoms with Crippen LogP contribution in [0, 0.1) is 5.92 Å². The number of fused-ring (bicyclic) bond motifs is 1. The second kappa shape index (κ2) is 9.78. The fourth-order valence-corrected chi connectivity index (χ4v) is 10.3. The number of halogens is 2. The van der Waals surface area contributed by atoms with Gasteiger partial charge in [0, 0.05) is 0 Å². The van der Waals surface area contributed by atoms with Crippen molar-refractivity contribution in [2.24, 2.45) is 5.92 Å². The number of allylic oxidation sites excluding steroid dienone is 1. The molecule has 3 aromatic rings. The minimum atomic E-state index is -2.56. The van der Waals surface area contributed by atoms with E-state index in [1.165, 1.54) is 44.5 Å². The van der Waals surface area contributed by atoms with Gasteiger partial charge in [-0.1, -0.05) is 0 Å². The van der Waals surface area contributed by atoms with E-state index in [4.69, 9.17) is 17.0 Å². The van der Waals surface area contributed by atoms with Crippen molar-refractivity contribution in [3.05, 3.63) is 89.0 Å². The zero-order valence-corrected chi connectivity index (χ0v) is 22.6. The second-order valence-corrected chi connectivity index (χ2v) is 17.6. The summed E-state index contributed by atoms with van der Waals surface area (Å²) in [6, 6.07) is 24.1. The van der Waals surface area contributed by atoms with Gasteiger partial charge in [-0.15, -0.1) is 0 Å². The maximum atomic E-state index is 6.76. The predicted molar refractivity (Wildman–Crippen MR) is 133 cm³/mol. The third-order valence-corrected chi connectivity index (χ3v) is 11.8. The third-order valence-electron chi connectivity index (χ3n) is 6.57. The molecule has 0 amide bonds. The Bertz CT molecular complexity index is 1100. The molecule has 2 atom stereocenters. The van der Waals surface area contributed by atoms with E-state index in [1.54, 1.807) is 0 Å². The van der Waals surface area contributed by atoms with Gasteiger partial charge in [-0.3, -0.25) is 0 Å². The first-order valence-corrected chi connectivity index (χ1v) is 18.9. The first kappa shape index (κ1) is 23.0. The maximum absolute atomic E-state index is 6.76. The number of hydrogen-bond donors (Lipinski definition) is 0. The van der Waals surface area contributed by atoms with E-state index in [-0.39, 0.29) is 3.63 Å². The third kappa shape index (κ3) is 4.39. The van der Waals surface area contributed by atoms with Crippen LogP contribution in [0.4, 0.5) is 0 Å². The van der Waals surface area contributed by atoms with Crippen molar-refractivity contribution in [2.45, 2.75) is 43.7 Å². The summed E-state index contributed by atoms with van der Waals surface area (Å²) in [5.41, 5.74) is 10.7. The molecule has 3 aromatic carbocycles. The van der Waals surface area contributed by atoms with Gasteiger partial charge in [-0.2, -0.15) is 0 Å². The van der Waals surface area contributed by atoms with Crippen LogP contribution in [0.3, 0.4) is 0 Å². The normalized spacial score (nSPS) is 16.2. The van der Waals surface area contributed by atoms with Gasteiger partial charge in [0.15, 0.2) is 0 Å². The van der Waals surface area contributed by atoms with E-state index in [0.717, 1.165) is 6.42 Å². The first-order chi connectivity index (χ1) is 14.9. The molecule has 31 heavy (non-hydrogen) atoms. The van der Waals surface area contributed by atoms with Gasteiger partial charge >= 0.3 is 203 Å². The van der Waals surface area contributed by atoms with E-state index < -0.39 is 19.4 Å². The Labute approximate surface area is 202 Å². The molecule has 1 aliphatic carbocycles. The molecule has 0 nitrogen and oxygen atoms in total. The van der Waals surface area contributed by atoms with Gasteiger partial charge in [0.1, 0.15) is 0 Å². The van der Waals surface area contributed by atoms with Crippen LogP contribution in [0.5, 0.6) is 0 Å². The molecule has 0 saturated carbocycles. The van der Waals surface area contributed by atoms with E-state index >= 15 is 0 Å². The quantitative estimate of drug-likeness (QED) is 0.299. The summed E-state index contributed by atoms with van der Waals surface area (Å²) in [5.74, 6) is 0.916. The number of hydrogen-bond acceptors (Lipinski definition) is 0. The van der Waals surface area contributed by atoms with Gasteiger partial charge in [-0.25, -0.2) is 0 Å². The summed E-state index contributed by atoms with van der Waals surface area (Å²) in [4.78, 5) is 0. The summed E-state index contributed by atoms with van der Waals surface area (Å²) >= 11 is -2.56. The molecule has 2 unspecified atom stereocenters. The van der Waals surface area contributed by atoms with Crippen molar-refractivity contribution in [2.75, 3.05) is 0 Å². The Morgan fingerprint density at radius 2 is 1.48 bits per heavy atom. The van der Waals surface area contributed by atoms with Crippen molar-refractivity contribution in [1.82, 2.24) is 0 Å². The zero-order valence-electron chi connectivity index (χ0n) is 18.6. The van der Waals surface area contributed by atoms with Crippen LogP contribution in [0.15, 0.2) is 72.3 Å². The van der Waals surface area contributed by atoms with Crippen LogP contribution >= 0.6 is 17.0 Å². The topological polar surface area (TPSA) is 0 Å². The molecule has 0 heterocycles. The molecule has 0 saturated heterocycles. The molecule has 0 spiro atoms. The SMILES string of the molecule is CCC(C)C1=Cc2c(ccc(C(C)C)c2-c2ccccc2-c2ccccc2)[CH]1[Zr]([Cl])[Cl]. The Morgan fingerprint density at radius 1 is 0.839 bits per heavy atom. The Kier molecular flexibility index (Phi) is 7.27. The van der Waals surface area contributed by atoms with Crippen molar-refractivity contribution in [1.29, 1.82) is 0 Å². The average Bonchev–Trinajstić information content (AvgIpc) is 3.18. The Balaban J connectivity index is 2.03. The molecule has 159 valence electrons. The van der Waals surface area contributed by atoms with Crippen LogP contribution in [0.2, 0.25) is 0 Å². The molecular weight excluding hydrogens is 498 g/mol. The molecule has 0 aliphatic heterocycles. The molecule has 0 radical (unpaired) electrons. The summed E-state index contributed by atoms with van der Waals surface area (Å²) in [7, 11) is 13.5. The first-order valence-electron chi connectivity index (χ1n) is 11.1. The van der Waals surface area contributed by atoms with Crippen LogP contribution in [-0.4, -0.2) is 0 Å².